The Morgan fingerprint density at radius 1 is 0.933 bits per heavy atom. The molecule has 1 atom stereocenters. The molecule has 2 aromatic carbocycles. The number of hydrogen-bond donors (Lipinski definition) is 1. The molecule has 0 aliphatic carbocycles. The van der Waals surface area contributed by atoms with Crippen molar-refractivity contribution in [1.82, 2.24) is 15.1 Å². The molecule has 160 valence electrons. The number of rotatable bonds is 4. The first-order valence-electron chi connectivity index (χ1n) is 9.87. The number of carbonyl (C=O) groups is 2. The third-order valence-electron chi connectivity index (χ3n) is 5.23. The van der Waals surface area contributed by atoms with Gasteiger partial charge in [-0.1, -0.05) is 13.0 Å². The molecule has 1 aliphatic rings. The SMILES string of the molecule is CC(CNC(=O)N1CCCN(C(=O)c2ccc(F)cc2)CC1)c1ccc(F)c(F)c1. The number of nitrogens with zero attached hydrogens (tertiary/aromatic N) is 2. The molecule has 1 unspecified atom stereocenters. The van der Waals surface area contributed by atoms with Gasteiger partial charge in [-0.2, -0.15) is 0 Å². The fraction of sp³-hybridized carbons (Fsp3) is 0.364. The highest BCUT2D eigenvalue weighted by atomic mass is 19.2. The number of hydrogen-bond acceptors (Lipinski definition) is 2. The molecular weight excluding hydrogens is 395 g/mol. The number of halogens is 3. The zero-order valence-electron chi connectivity index (χ0n) is 16.7. The largest absolute Gasteiger partial charge is 0.337 e. The predicted octanol–water partition coefficient (Wildman–Crippen LogP) is 3.77. The lowest BCUT2D eigenvalue weighted by Gasteiger charge is -2.23. The van der Waals surface area contributed by atoms with E-state index in [0.29, 0.717) is 43.7 Å². The molecule has 30 heavy (non-hydrogen) atoms. The summed E-state index contributed by atoms with van der Waals surface area (Å²) in [6.07, 6.45) is 0.624. The molecule has 1 aliphatic heterocycles. The quantitative estimate of drug-likeness (QED) is 0.821. The fourth-order valence-corrected chi connectivity index (χ4v) is 3.39. The van der Waals surface area contributed by atoms with Gasteiger partial charge < -0.3 is 15.1 Å². The van der Waals surface area contributed by atoms with Crippen LogP contribution in [0.5, 0.6) is 0 Å². The van der Waals surface area contributed by atoms with E-state index in [1.165, 1.54) is 30.3 Å². The maximum Gasteiger partial charge on any atom is 0.317 e. The molecule has 5 nitrogen and oxygen atoms in total. The number of amides is 3. The normalized spacial score (nSPS) is 15.5. The molecule has 8 heteroatoms. The average molecular weight is 419 g/mol. The molecule has 3 amide bonds. The van der Waals surface area contributed by atoms with Crippen LogP contribution in [-0.2, 0) is 0 Å². The van der Waals surface area contributed by atoms with Crippen LogP contribution in [-0.4, -0.2) is 54.5 Å². The van der Waals surface area contributed by atoms with Gasteiger partial charge in [-0.15, -0.1) is 0 Å². The molecular formula is C22H24F3N3O2. The molecule has 1 N–H and O–H groups in total. The van der Waals surface area contributed by atoms with Crippen LogP contribution in [0.3, 0.4) is 0 Å². The number of urea groups is 1. The Morgan fingerprint density at radius 2 is 1.60 bits per heavy atom. The Kier molecular flexibility index (Phi) is 6.97. The predicted molar refractivity (Wildman–Crippen MR) is 107 cm³/mol. The lowest BCUT2D eigenvalue weighted by atomic mass is 10.0. The standard InChI is InChI=1S/C22H24F3N3O2/c1-15(17-5-8-19(24)20(25)13-17)14-26-22(30)28-10-2-9-27(11-12-28)21(29)16-3-6-18(23)7-4-16/h3-8,13,15H,2,9-12,14H2,1H3,(H,26,30). The molecule has 0 bridgehead atoms. The van der Waals surface area contributed by atoms with Crippen molar-refractivity contribution in [3.8, 4) is 0 Å². The second-order valence-corrected chi connectivity index (χ2v) is 7.40. The summed E-state index contributed by atoms with van der Waals surface area (Å²) in [5.41, 5.74) is 1.01. The second kappa shape index (κ2) is 9.65. The van der Waals surface area contributed by atoms with E-state index in [4.69, 9.17) is 0 Å². The summed E-state index contributed by atoms with van der Waals surface area (Å²) in [5, 5.41) is 2.82. The third kappa shape index (κ3) is 5.31. The van der Waals surface area contributed by atoms with E-state index < -0.39 is 17.5 Å². The van der Waals surface area contributed by atoms with E-state index >= 15 is 0 Å². The van der Waals surface area contributed by atoms with Crippen LogP contribution < -0.4 is 5.32 Å². The summed E-state index contributed by atoms with van der Waals surface area (Å²) in [5.74, 6) is -2.59. The topological polar surface area (TPSA) is 52.7 Å². The highest BCUT2D eigenvalue weighted by molar-refractivity contribution is 5.94. The van der Waals surface area contributed by atoms with Crippen LogP contribution in [0.15, 0.2) is 42.5 Å². The maximum atomic E-state index is 13.4. The Bertz CT molecular complexity index is 905. The molecule has 0 aromatic heterocycles. The van der Waals surface area contributed by atoms with Gasteiger partial charge in [0.15, 0.2) is 11.6 Å². The first-order valence-corrected chi connectivity index (χ1v) is 9.87. The Hall–Kier alpha value is -3.03. The van der Waals surface area contributed by atoms with Gasteiger partial charge >= 0.3 is 6.03 Å². The van der Waals surface area contributed by atoms with Crippen LogP contribution in [0.2, 0.25) is 0 Å². The second-order valence-electron chi connectivity index (χ2n) is 7.40. The van der Waals surface area contributed by atoms with Gasteiger partial charge in [-0.25, -0.2) is 18.0 Å². The number of nitrogens with one attached hydrogen (secondary N) is 1. The monoisotopic (exact) mass is 419 g/mol. The molecule has 3 rings (SSSR count). The van der Waals surface area contributed by atoms with Gasteiger partial charge in [-0.3, -0.25) is 4.79 Å². The Balaban J connectivity index is 1.51. The lowest BCUT2D eigenvalue weighted by molar-refractivity contribution is 0.0762. The molecule has 2 aromatic rings. The molecule has 1 heterocycles. The van der Waals surface area contributed by atoms with Gasteiger partial charge in [0.1, 0.15) is 5.82 Å². The average Bonchev–Trinajstić information content (AvgIpc) is 3.00. The zero-order valence-corrected chi connectivity index (χ0v) is 16.7. The summed E-state index contributed by atoms with van der Waals surface area (Å²) in [4.78, 5) is 28.4. The van der Waals surface area contributed by atoms with Gasteiger partial charge in [0, 0.05) is 38.3 Å². The zero-order chi connectivity index (χ0) is 21.7. The molecule has 0 radical (unpaired) electrons. The smallest absolute Gasteiger partial charge is 0.317 e. The van der Waals surface area contributed by atoms with Crippen molar-refractivity contribution in [2.45, 2.75) is 19.3 Å². The Morgan fingerprint density at radius 3 is 2.30 bits per heavy atom. The minimum Gasteiger partial charge on any atom is -0.337 e. The Labute approximate surface area is 173 Å². The van der Waals surface area contributed by atoms with Crippen LogP contribution in [0.1, 0.15) is 35.2 Å². The first-order chi connectivity index (χ1) is 14.3. The van der Waals surface area contributed by atoms with Crippen molar-refractivity contribution in [1.29, 1.82) is 0 Å². The van der Waals surface area contributed by atoms with E-state index in [1.807, 2.05) is 6.92 Å². The van der Waals surface area contributed by atoms with E-state index in [0.717, 1.165) is 12.1 Å². The maximum absolute atomic E-state index is 13.4. The third-order valence-corrected chi connectivity index (χ3v) is 5.23. The summed E-state index contributed by atoms with van der Waals surface area (Å²) in [6, 6.07) is 8.85. The van der Waals surface area contributed by atoms with Crippen molar-refractivity contribution >= 4 is 11.9 Å². The van der Waals surface area contributed by atoms with E-state index in [-0.39, 0.29) is 24.4 Å². The van der Waals surface area contributed by atoms with Crippen LogP contribution in [0, 0.1) is 17.5 Å². The summed E-state index contributed by atoms with van der Waals surface area (Å²) < 4.78 is 39.5. The van der Waals surface area contributed by atoms with Crippen molar-refractivity contribution in [3.05, 3.63) is 71.0 Å². The van der Waals surface area contributed by atoms with Gasteiger partial charge in [0.2, 0.25) is 0 Å². The van der Waals surface area contributed by atoms with Crippen molar-refractivity contribution in [3.63, 3.8) is 0 Å². The fourth-order valence-electron chi connectivity index (χ4n) is 3.39. The molecule has 1 saturated heterocycles. The van der Waals surface area contributed by atoms with Gasteiger partial charge in [-0.05, 0) is 54.3 Å². The summed E-state index contributed by atoms with van der Waals surface area (Å²) in [7, 11) is 0. The number of carbonyl (C=O) groups excluding carboxylic acids is 2. The van der Waals surface area contributed by atoms with Gasteiger partial charge in [0.25, 0.3) is 5.91 Å². The lowest BCUT2D eigenvalue weighted by Crippen LogP contribution is -2.43. The van der Waals surface area contributed by atoms with E-state index in [1.54, 1.807) is 9.80 Å². The highest BCUT2D eigenvalue weighted by Crippen LogP contribution is 2.17. The van der Waals surface area contributed by atoms with Crippen LogP contribution >= 0.6 is 0 Å². The molecule has 0 saturated carbocycles. The minimum atomic E-state index is -0.913. The van der Waals surface area contributed by atoms with Crippen molar-refractivity contribution < 1.29 is 22.8 Å². The molecule has 0 spiro atoms. The first kappa shape index (κ1) is 21.7. The highest BCUT2D eigenvalue weighted by Gasteiger charge is 2.23. The summed E-state index contributed by atoms with van der Waals surface area (Å²) >= 11 is 0. The van der Waals surface area contributed by atoms with Crippen LogP contribution in [0.25, 0.3) is 0 Å². The van der Waals surface area contributed by atoms with Crippen molar-refractivity contribution in [2.75, 3.05) is 32.7 Å². The van der Waals surface area contributed by atoms with Crippen LogP contribution in [0.4, 0.5) is 18.0 Å². The van der Waals surface area contributed by atoms with Gasteiger partial charge in [0.05, 0.1) is 0 Å². The van der Waals surface area contributed by atoms with Crippen molar-refractivity contribution in [2.24, 2.45) is 0 Å². The van der Waals surface area contributed by atoms with E-state index in [2.05, 4.69) is 5.32 Å². The minimum absolute atomic E-state index is 0.187. The molecule has 1 fully saturated rings. The number of benzene rings is 2. The summed E-state index contributed by atoms with van der Waals surface area (Å²) in [6.45, 7) is 3.85. The van der Waals surface area contributed by atoms with E-state index in [9.17, 15) is 22.8 Å².